The van der Waals surface area contributed by atoms with Gasteiger partial charge in [0.25, 0.3) is 0 Å². The molecule has 12 heteroatoms. The van der Waals surface area contributed by atoms with E-state index in [-0.39, 0.29) is 50.1 Å². The maximum Gasteiger partial charge on any atom is 0.355 e. The molecule has 0 saturated heterocycles. The molecule has 0 saturated carbocycles. The topological polar surface area (TPSA) is 175 Å². The van der Waals surface area contributed by atoms with Gasteiger partial charge in [-0.25, -0.2) is 29.1 Å². The van der Waals surface area contributed by atoms with Crippen LogP contribution < -0.4 is 0 Å². The summed E-state index contributed by atoms with van der Waals surface area (Å²) in [6.45, 7) is 0. The molecule has 0 aliphatic rings. The summed E-state index contributed by atoms with van der Waals surface area (Å²) in [6, 6.07) is 5.13. The number of pyridine rings is 2. The largest absolute Gasteiger partial charge is 0.478 e. The van der Waals surface area contributed by atoms with Crippen LogP contribution in [0.2, 0.25) is 0 Å². The predicted octanol–water partition coefficient (Wildman–Crippen LogP) is 0.951. The fourth-order valence-corrected chi connectivity index (χ4v) is 1.50. The van der Waals surface area contributed by atoms with Crippen molar-refractivity contribution in [3.63, 3.8) is 0 Å². The molecule has 4 N–H and O–H groups in total. The van der Waals surface area contributed by atoms with Crippen molar-refractivity contribution in [3.8, 4) is 0 Å². The Morgan fingerprint density at radius 1 is 0.615 bits per heavy atom. The molecule has 128 valence electrons. The van der Waals surface area contributed by atoms with Crippen LogP contribution in [0.15, 0.2) is 36.7 Å². The molecule has 2 heterocycles. The molecule has 2 aromatic heterocycles. The van der Waals surface area contributed by atoms with Gasteiger partial charge in [0, 0.05) is 51.3 Å². The van der Waals surface area contributed by atoms with Crippen molar-refractivity contribution in [3.05, 3.63) is 59.2 Å². The number of aromatic carboxylic acids is 4. The monoisotopic (exact) mass is 462 g/mol. The van der Waals surface area contributed by atoms with Gasteiger partial charge < -0.3 is 20.4 Å². The zero-order chi connectivity index (χ0) is 18.3. The van der Waals surface area contributed by atoms with Crippen molar-refractivity contribution in [2.75, 3.05) is 0 Å². The standard InChI is InChI=1S/2C7H5NO4.2Zn/c2*9-6(10)4-2-1-3-8-5(4)7(11)12;;/h2*1-3H,(H,9,10)(H,11,12);;. The van der Waals surface area contributed by atoms with Crippen molar-refractivity contribution in [1.82, 2.24) is 9.97 Å². The quantitative estimate of drug-likeness (QED) is 0.476. The minimum absolute atomic E-state index is 0. The smallest absolute Gasteiger partial charge is 0.355 e. The predicted molar refractivity (Wildman–Crippen MR) is 76.3 cm³/mol. The summed E-state index contributed by atoms with van der Waals surface area (Å²) < 4.78 is 0. The first kappa shape index (κ1) is 25.7. The minimum atomic E-state index is -1.34. The number of carboxylic acid groups (broad SMARTS) is 4. The molecular weight excluding hydrogens is 455 g/mol. The summed E-state index contributed by atoms with van der Waals surface area (Å²) in [5, 5.41) is 34.0. The molecule has 26 heavy (non-hydrogen) atoms. The molecule has 0 radical (unpaired) electrons. The number of aromatic nitrogens is 2. The van der Waals surface area contributed by atoms with E-state index < -0.39 is 35.3 Å². The van der Waals surface area contributed by atoms with E-state index >= 15 is 0 Å². The Bertz CT molecular complexity index is 680. The van der Waals surface area contributed by atoms with Gasteiger partial charge in [-0.2, -0.15) is 0 Å². The van der Waals surface area contributed by atoms with Gasteiger partial charge in [-0.1, -0.05) is 0 Å². The van der Waals surface area contributed by atoms with E-state index in [0.717, 1.165) is 0 Å². The van der Waals surface area contributed by atoms with E-state index in [0.29, 0.717) is 0 Å². The van der Waals surface area contributed by atoms with Crippen LogP contribution in [-0.4, -0.2) is 54.3 Å². The fourth-order valence-electron chi connectivity index (χ4n) is 1.50. The Morgan fingerprint density at radius 3 is 1.12 bits per heavy atom. The molecule has 2 rings (SSSR count). The van der Waals surface area contributed by atoms with Crippen molar-refractivity contribution in [2.24, 2.45) is 0 Å². The second-order valence-corrected chi connectivity index (χ2v) is 4.02. The Kier molecular flexibility index (Phi) is 11.7. The van der Waals surface area contributed by atoms with Gasteiger partial charge in [-0.05, 0) is 24.3 Å². The van der Waals surface area contributed by atoms with Crippen molar-refractivity contribution in [1.29, 1.82) is 0 Å². The van der Waals surface area contributed by atoms with E-state index in [9.17, 15) is 19.2 Å². The molecule has 0 spiro atoms. The van der Waals surface area contributed by atoms with Gasteiger partial charge in [0.15, 0.2) is 11.4 Å². The van der Waals surface area contributed by atoms with Gasteiger partial charge in [0.1, 0.15) is 0 Å². The third kappa shape index (κ3) is 7.12. The van der Waals surface area contributed by atoms with E-state index in [1.807, 2.05) is 0 Å². The van der Waals surface area contributed by atoms with E-state index in [2.05, 4.69) is 9.97 Å². The maximum absolute atomic E-state index is 10.4. The molecule has 0 aliphatic carbocycles. The third-order valence-electron chi connectivity index (χ3n) is 2.48. The molecule has 0 atom stereocenters. The average molecular weight is 465 g/mol. The molecule has 0 bridgehead atoms. The summed E-state index contributed by atoms with van der Waals surface area (Å²) in [4.78, 5) is 48.5. The van der Waals surface area contributed by atoms with Crippen LogP contribution in [0.5, 0.6) is 0 Å². The van der Waals surface area contributed by atoms with Gasteiger partial charge in [0.2, 0.25) is 0 Å². The van der Waals surface area contributed by atoms with Gasteiger partial charge >= 0.3 is 23.9 Å². The number of carboxylic acids is 4. The van der Waals surface area contributed by atoms with Crippen LogP contribution in [0.25, 0.3) is 0 Å². The molecule has 0 aliphatic heterocycles. The van der Waals surface area contributed by atoms with E-state index in [1.165, 1.54) is 36.7 Å². The molecule has 2 aromatic rings. The van der Waals surface area contributed by atoms with Gasteiger partial charge in [-0.15, -0.1) is 0 Å². The van der Waals surface area contributed by atoms with Gasteiger partial charge in [0.05, 0.1) is 11.1 Å². The molecule has 0 amide bonds. The molecule has 0 aromatic carbocycles. The first-order chi connectivity index (χ1) is 11.3. The third-order valence-corrected chi connectivity index (χ3v) is 2.48. The summed E-state index contributed by atoms with van der Waals surface area (Å²) in [6.07, 6.45) is 2.46. The normalized spacial score (nSPS) is 8.62. The van der Waals surface area contributed by atoms with E-state index in [4.69, 9.17) is 20.4 Å². The fraction of sp³-hybridized carbons (Fsp3) is 0. The summed E-state index contributed by atoms with van der Waals surface area (Å²) >= 11 is 0. The summed E-state index contributed by atoms with van der Waals surface area (Å²) in [5.41, 5.74) is -1.48. The zero-order valence-electron chi connectivity index (χ0n) is 13.2. The Labute approximate surface area is 171 Å². The van der Waals surface area contributed by atoms with Crippen LogP contribution >= 0.6 is 0 Å². The van der Waals surface area contributed by atoms with Crippen LogP contribution in [0.3, 0.4) is 0 Å². The average Bonchev–Trinajstić information content (AvgIpc) is 2.55. The first-order valence-electron chi connectivity index (χ1n) is 6.09. The summed E-state index contributed by atoms with van der Waals surface area (Å²) in [5.74, 6) is -5.26. The van der Waals surface area contributed by atoms with Crippen molar-refractivity contribution in [2.45, 2.75) is 0 Å². The van der Waals surface area contributed by atoms with E-state index in [1.54, 1.807) is 0 Å². The zero-order valence-corrected chi connectivity index (χ0v) is 19.1. The van der Waals surface area contributed by atoms with Crippen LogP contribution in [0.4, 0.5) is 0 Å². The SMILES string of the molecule is O=C(O)c1cccnc1C(=O)O.O=C(O)c1cccnc1C(=O)O.[Zn].[Zn]. The van der Waals surface area contributed by atoms with Crippen molar-refractivity contribution >= 4 is 23.9 Å². The Morgan fingerprint density at radius 2 is 0.923 bits per heavy atom. The van der Waals surface area contributed by atoms with Crippen LogP contribution in [0, 0.1) is 0 Å². The second-order valence-electron chi connectivity index (χ2n) is 4.02. The maximum atomic E-state index is 10.4. The van der Waals surface area contributed by atoms with Crippen molar-refractivity contribution < 1.29 is 78.6 Å². The number of carbonyl (C=O) groups is 4. The Balaban J connectivity index is 0. The number of hydrogen-bond acceptors (Lipinski definition) is 6. The summed E-state index contributed by atoms with van der Waals surface area (Å²) in [7, 11) is 0. The molecule has 0 unspecified atom stereocenters. The Hall–Kier alpha value is -2.57. The minimum Gasteiger partial charge on any atom is -0.478 e. The number of rotatable bonds is 4. The molecule has 0 fully saturated rings. The molecular formula is C14H10N2O8Zn2. The van der Waals surface area contributed by atoms with Crippen LogP contribution in [0.1, 0.15) is 41.7 Å². The number of hydrogen-bond donors (Lipinski definition) is 4. The second kappa shape index (κ2) is 11.9. The van der Waals surface area contributed by atoms with Gasteiger partial charge in [-0.3, -0.25) is 0 Å². The first-order valence-corrected chi connectivity index (χ1v) is 6.09. The molecule has 10 nitrogen and oxygen atoms in total. The number of nitrogens with zero attached hydrogens (tertiary/aromatic N) is 2. The van der Waals surface area contributed by atoms with Crippen LogP contribution in [-0.2, 0) is 39.0 Å².